The second kappa shape index (κ2) is 6.57. The molecule has 2 rings (SSSR count). The van der Waals surface area contributed by atoms with Crippen LogP contribution in [0.3, 0.4) is 0 Å². The maximum Gasteiger partial charge on any atom is 0.311 e. The smallest absolute Gasteiger partial charge is 0.311 e. The molecule has 0 radical (unpaired) electrons. The molecule has 0 aromatic heterocycles. The highest BCUT2D eigenvalue weighted by Crippen LogP contribution is 2.35. The summed E-state index contributed by atoms with van der Waals surface area (Å²) < 4.78 is 0. The Bertz CT molecular complexity index is 360. The van der Waals surface area contributed by atoms with Crippen molar-refractivity contribution in [2.75, 3.05) is 26.2 Å². The van der Waals surface area contributed by atoms with Gasteiger partial charge >= 0.3 is 11.8 Å². The van der Waals surface area contributed by atoms with Crippen molar-refractivity contribution in [2.24, 2.45) is 5.41 Å². The molecule has 114 valence electrons. The number of nitrogens with zero attached hydrogens (tertiary/aromatic N) is 1. The number of rotatable bonds is 1. The van der Waals surface area contributed by atoms with Crippen LogP contribution >= 0.6 is 0 Å². The van der Waals surface area contributed by atoms with Gasteiger partial charge in [0.25, 0.3) is 0 Å². The van der Waals surface area contributed by atoms with Crippen molar-refractivity contribution in [1.82, 2.24) is 15.5 Å². The second-order valence-electron chi connectivity index (χ2n) is 6.66. The van der Waals surface area contributed by atoms with Crippen LogP contribution in [0.2, 0.25) is 0 Å². The van der Waals surface area contributed by atoms with Gasteiger partial charge in [0.2, 0.25) is 0 Å². The zero-order chi connectivity index (χ0) is 14.6. The largest absolute Gasteiger partial charge is 0.345 e. The summed E-state index contributed by atoms with van der Waals surface area (Å²) >= 11 is 0. The van der Waals surface area contributed by atoms with Crippen molar-refractivity contribution in [3.8, 4) is 0 Å². The SMILES string of the molecule is CC1(C)CCCCC1NC(=O)C(=O)N1CCCNCC1. The summed E-state index contributed by atoms with van der Waals surface area (Å²) in [6.45, 7) is 7.34. The van der Waals surface area contributed by atoms with E-state index in [9.17, 15) is 9.59 Å². The normalized spacial score (nSPS) is 26.7. The Kier molecular flexibility index (Phi) is 5.02. The summed E-state index contributed by atoms with van der Waals surface area (Å²) in [5.74, 6) is -0.790. The molecule has 1 heterocycles. The topological polar surface area (TPSA) is 61.4 Å². The van der Waals surface area contributed by atoms with Crippen LogP contribution in [0.4, 0.5) is 0 Å². The van der Waals surface area contributed by atoms with E-state index in [1.165, 1.54) is 6.42 Å². The summed E-state index contributed by atoms with van der Waals surface area (Å²) in [6, 6.07) is 0.123. The molecule has 2 aliphatic rings. The van der Waals surface area contributed by atoms with E-state index in [0.29, 0.717) is 13.1 Å². The van der Waals surface area contributed by atoms with Crippen molar-refractivity contribution < 1.29 is 9.59 Å². The van der Waals surface area contributed by atoms with E-state index < -0.39 is 5.91 Å². The predicted molar refractivity (Wildman–Crippen MR) is 78.2 cm³/mol. The van der Waals surface area contributed by atoms with Crippen molar-refractivity contribution in [3.63, 3.8) is 0 Å². The maximum atomic E-state index is 12.2. The molecule has 0 aromatic carbocycles. The lowest BCUT2D eigenvalue weighted by Gasteiger charge is -2.39. The molecule has 2 amide bonds. The minimum Gasteiger partial charge on any atom is -0.345 e. The van der Waals surface area contributed by atoms with E-state index in [1.54, 1.807) is 4.90 Å². The van der Waals surface area contributed by atoms with Crippen LogP contribution in [0.15, 0.2) is 0 Å². The number of hydrogen-bond acceptors (Lipinski definition) is 3. The quantitative estimate of drug-likeness (QED) is 0.702. The third-order valence-electron chi connectivity index (χ3n) is 4.63. The maximum absolute atomic E-state index is 12.2. The molecule has 5 nitrogen and oxygen atoms in total. The molecule has 1 unspecified atom stereocenters. The van der Waals surface area contributed by atoms with Crippen molar-refractivity contribution in [3.05, 3.63) is 0 Å². The lowest BCUT2D eigenvalue weighted by molar-refractivity contribution is -0.146. The summed E-state index contributed by atoms with van der Waals surface area (Å²) in [5, 5.41) is 6.22. The Labute approximate surface area is 121 Å². The Morgan fingerprint density at radius 1 is 1.15 bits per heavy atom. The van der Waals surface area contributed by atoms with Crippen LogP contribution in [0, 0.1) is 5.41 Å². The first-order chi connectivity index (χ1) is 9.50. The lowest BCUT2D eigenvalue weighted by Crippen LogP contribution is -2.52. The zero-order valence-corrected chi connectivity index (χ0v) is 12.7. The van der Waals surface area contributed by atoms with E-state index in [0.717, 1.165) is 38.8 Å². The van der Waals surface area contributed by atoms with Crippen LogP contribution in [-0.2, 0) is 9.59 Å². The lowest BCUT2D eigenvalue weighted by atomic mass is 9.73. The van der Waals surface area contributed by atoms with E-state index in [1.807, 2.05) is 0 Å². The Morgan fingerprint density at radius 3 is 2.70 bits per heavy atom. The molecule has 1 saturated carbocycles. The van der Waals surface area contributed by atoms with Gasteiger partial charge in [-0.2, -0.15) is 0 Å². The standard InChI is InChI=1S/C15H27N3O2/c1-15(2)7-4-3-6-12(15)17-13(19)14(20)18-10-5-8-16-9-11-18/h12,16H,3-11H2,1-2H3,(H,17,19). The molecular weight excluding hydrogens is 254 g/mol. The Balaban J connectivity index is 1.91. The molecule has 2 fully saturated rings. The van der Waals surface area contributed by atoms with Crippen molar-refractivity contribution in [1.29, 1.82) is 0 Å². The van der Waals surface area contributed by atoms with Gasteiger partial charge in [0.1, 0.15) is 0 Å². The average molecular weight is 281 g/mol. The fourth-order valence-electron chi connectivity index (χ4n) is 3.17. The summed E-state index contributed by atoms with van der Waals surface area (Å²) in [7, 11) is 0. The fraction of sp³-hybridized carbons (Fsp3) is 0.867. The number of nitrogens with one attached hydrogen (secondary N) is 2. The second-order valence-corrected chi connectivity index (χ2v) is 6.66. The van der Waals surface area contributed by atoms with Gasteiger partial charge in [-0.1, -0.05) is 26.7 Å². The van der Waals surface area contributed by atoms with Gasteiger partial charge in [-0.25, -0.2) is 0 Å². The number of carbonyl (C=O) groups is 2. The van der Waals surface area contributed by atoms with E-state index in [4.69, 9.17) is 0 Å². The summed E-state index contributed by atoms with van der Waals surface area (Å²) in [5.41, 5.74) is 0.0918. The van der Waals surface area contributed by atoms with Gasteiger partial charge in [-0.3, -0.25) is 9.59 Å². The van der Waals surface area contributed by atoms with Gasteiger partial charge in [0, 0.05) is 25.7 Å². The summed E-state index contributed by atoms with van der Waals surface area (Å²) in [6.07, 6.45) is 5.35. The van der Waals surface area contributed by atoms with Gasteiger partial charge in [-0.05, 0) is 31.2 Å². The van der Waals surface area contributed by atoms with Gasteiger partial charge in [-0.15, -0.1) is 0 Å². The molecular formula is C15H27N3O2. The zero-order valence-electron chi connectivity index (χ0n) is 12.7. The first-order valence-corrected chi connectivity index (χ1v) is 7.81. The minimum atomic E-state index is -0.424. The number of carbonyl (C=O) groups excluding carboxylic acids is 2. The first-order valence-electron chi connectivity index (χ1n) is 7.81. The highest BCUT2D eigenvalue weighted by Gasteiger charge is 2.35. The van der Waals surface area contributed by atoms with Crippen LogP contribution in [0.5, 0.6) is 0 Å². The van der Waals surface area contributed by atoms with E-state index >= 15 is 0 Å². The van der Waals surface area contributed by atoms with Gasteiger partial charge < -0.3 is 15.5 Å². The van der Waals surface area contributed by atoms with Crippen LogP contribution in [-0.4, -0.2) is 48.9 Å². The molecule has 1 aliphatic heterocycles. The molecule has 0 aromatic rings. The van der Waals surface area contributed by atoms with Gasteiger partial charge in [0.05, 0.1) is 0 Å². The number of amides is 2. The molecule has 0 bridgehead atoms. The Hall–Kier alpha value is -1.10. The van der Waals surface area contributed by atoms with Gasteiger partial charge in [0.15, 0.2) is 0 Å². The highest BCUT2D eigenvalue weighted by atomic mass is 16.2. The Morgan fingerprint density at radius 2 is 1.95 bits per heavy atom. The van der Waals surface area contributed by atoms with Crippen molar-refractivity contribution >= 4 is 11.8 Å². The van der Waals surface area contributed by atoms with Crippen LogP contribution in [0.25, 0.3) is 0 Å². The molecule has 1 aliphatic carbocycles. The molecule has 20 heavy (non-hydrogen) atoms. The van der Waals surface area contributed by atoms with Crippen molar-refractivity contribution in [2.45, 2.75) is 52.0 Å². The molecule has 1 saturated heterocycles. The first kappa shape index (κ1) is 15.3. The van der Waals surface area contributed by atoms with Crippen LogP contribution < -0.4 is 10.6 Å². The van der Waals surface area contributed by atoms with E-state index in [-0.39, 0.29) is 17.4 Å². The fourth-order valence-corrected chi connectivity index (χ4v) is 3.17. The third kappa shape index (κ3) is 3.72. The summed E-state index contributed by atoms with van der Waals surface area (Å²) in [4.78, 5) is 26.1. The molecule has 2 N–H and O–H groups in total. The predicted octanol–water partition coefficient (Wildman–Crippen LogP) is 0.893. The number of hydrogen-bond donors (Lipinski definition) is 2. The average Bonchev–Trinajstić information content (AvgIpc) is 2.69. The monoisotopic (exact) mass is 281 g/mol. The van der Waals surface area contributed by atoms with E-state index in [2.05, 4.69) is 24.5 Å². The molecule has 1 atom stereocenters. The molecule has 5 heteroatoms. The third-order valence-corrected chi connectivity index (χ3v) is 4.63. The highest BCUT2D eigenvalue weighted by molar-refractivity contribution is 6.35. The molecule has 0 spiro atoms. The minimum absolute atomic E-state index is 0.0918. The van der Waals surface area contributed by atoms with Crippen LogP contribution in [0.1, 0.15) is 46.0 Å².